The van der Waals surface area contributed by atoms with E-state index in [0.717, 1.165) is 0 Å². The van der Waals surface area contributed by atoms with Gasteiger partial charge in [0.05, 0.1) is 5.41 Å². The summed E-state index contributed by atoms with van der Waals surface area (Å²) in [5, 5.41) is 0. The number of rotatable bonds is 3. The highest BCUT2D eigenvalue weighted by Gasteiger charge is 2.24. The Morgan fingerprint density at radius 2 is 1.15 bits per heavy atom. The lowest BCUT2D eigenvalue weighted by Gasteiger charge is -2.27. The number of hydrogen-bond donors (Lipinski definition) is 0. The van der Waals surface area contributed by atoms with E-state index in [4.69, 9.17) is 6.42 Å². The molecule has 0 aromatic heterocycles. The molecule has 2 aromatic rings. The smallest absolute Gasteiger partial charge is 0.0504 e. The van der Waals surface area contributed by atoms with E-state index in [1.165, 1.54) is 16.7 Å². The van der Waals surface area contributed by atoms with Crippen LogP contribution in [0.1, 0.15) is 44.4 Å². The maximum atomic E-state index is 5.60. The molecular formula is C20H22. The molecule has 0 heterocycles. The van der Waals surface area contributed by atoms with Gasteiger partial charge in [-0.05, 0) is 30.5 Å². The second-order valence-electron chi connectivity index (χ2n) is 6.34. The SMILES string of the molecule is C#CC(C)(C)c1ccc(C(C)(C)c2ccccc2)cc1. The van der Waals surface area contributed by atoms with Gasteiger partial charge in [0.2, 0.25) is 0 Å². The van der Waals surface area contributed by atoms with Crippen molar-refractivity contribution in [1.29, 1.82) is 0 Å². The Morgan fingerprint density at radius 1 is 0.700 bits per heavy atom. The molecule has 0 atom stereocenters. The zero-order valence-corrected chi connectivity index (χ0v) is 12.8. The lowest BCUT2D eigenvalue weighted by atomic mass is 9.76. The molecule has 0 radical (unpaired) electrons. The van der Waals surface area contributed by atoms with Crippen molar-refractivity contribution in [1.82, 2.24) is 0 Å². The molecule has 0 aliphatic heterocycles. The van der Waals surface area contributed by atoms with Crippen molar-refractivity contribution in [3.8, 4) is 12.3 Å². The molecular weight excluding hydrogens is 240 g/mol. The Bertz CT molecular complexity index is 607. The van der Waals surface area contributed by atoms with Crippen LogP contribution in [0.4, 0.5) is 0 Å². The van der Waals surface area contributed by atoms with Crippen molar-refractivity contribution in [2.45, 2.75) is 38.5 Å². The topological polar surface area (TPSA) is 0 Å². The van der Waals surface area contributed by atoms with Crippen molar-refractivity contribution >= 4 is 0 Å². The monoisotopic (exact) mass is 262 g/mol. The van der Waals surface area contributed by atoms with Crippen LogP contribution in [0.5, 0.6) is 0 Å². The summed E-state index contributed by atoms with van der Waals surface area (Å²) in [5.74, 6) is 2.85. The van der Waals surface area contributed by atoms with Crippen LogP contribution in [-0.4, -0.2) is 0 Å². The molecule has 0 heteroatoms. The Morgan fingerprint density at radius 3 is 1.65 bits per heavy atom. The van der Waals surface area contributed by atoms with Crippen LogP contribution >= 0.6 is 0 Å². The van der Waals surface area contributed by atoms with Crippen LogP contribution in [0.3, 0.4) is 0 Å². The van der Waals surface area contributed by atoms with Gasteiger partial charge in [-0.15, -0.1) is 6.42 Å². The summed E-state index contributed by atoms with van der Waals surface area (Å²) in [6, 6.07) is 19.3. The van der Waals surface area contributed by atoms with Gasteiger partial charge in [0.15, 0.2) is 0 Å². The highest BCUT2D eigenvalue weighted by atomic mass is 14.3. The third-order valence-electron chi connectivity index (χ3n) is 4.18. The van der Waals surface area contributed by atoms with Gasteiger partial charge in [-0.25, -0.2) is 0 Å². The maximum Gasteiger partial charge on any atom is 0.0504 e. The van der Waals surface area contributed by atoms with Gasteiger partial charge in [0, 0.05) is 5.41 Å². The highest BCUT2D eigenvalue weighted by molar-refractivity contribution is 5.41. The molecule has 2 rings (SSSR count). The van der Waals surface area contributed by atoms with Gasteiger partial charge in [-0.3, -0.25) is 0 Å². The van der Waals surface area contributed by atoms with Crippen LogP contribution in [0.25, 0.3) is 0 Å². The Labute approximate surface area is 122 Å². The summed E-state index contributed by atoms with van der Waals surface area (Å²) in [4.78, 5) is 0. The predicted molar refractivity (Wildman–Crippen MR) is 86.9 cm³/mol. The fraction of sp³-hybridized carbons (Fsp3) is 0.300. The molecule has 0 bridgehead atoms. The third kappa shape index (κ3) is 2.63. The summed E-state index contributed by atoms with van der Waals surface area (Å²) < 4.78 is 0. The van der Waals surface area contributed by atoms with Gasteiger partial charge in [0.25, 0.3) is 0 Å². The maximum absolute atomic E-state index is 5.60. The summed E-state index contributed by atoms with van der Waals surface area (Å²) >= 11 is 0. The zero-order chi connectivity index (χ0) is 14.8. The first-order valence-corrected chi connectivity index (χ1v) is 7.02. The number of hydrogen-bond acceptors (Lipinski definition) is 0. The first-order valence-electron chi connectivity index (χ1n) is 7.02. The number of terminal acetylenes is 1. The standard InChI is InChI=1S/C20H22/c1-6-19(2,3)16-12-14-18(15-13-16)20(4,5)17-10-8-7-9-11-17/h1,7-15H,2-5H3. The van der Waals surface area contributed by atoms with E-state index in [-0.39, 0.29) is 10.8 Å². The molecule has 102 valence electrons. The van der Waals surface area contributed by atoms with E-state index in [9.17, 15) is 0 Å². The van der Waals surface area contributed by atoms with Gasteiger partial charge in [-0.1, -0.05) is 74.4 Å². The Hall–Kier alpha value is -2.00. The van der Waals surface area contributed by atoms with Crippen LogP contribution < -0.4 is 0 Å². The minimum absolute atomic E-state index is 0.0000755. The lowest BCUT2D eigenvalue weighted by molar-refractivity contribution is 0.637. The summed E-state index contributed by atoms with van der Waals surface area (Å²) in [5.41, 5.74) is 3.60. The van der Waals surface area contributed by atoms with Gasteiger partial charge >= 0.3 is 0 Å². The molecule has 20 heavy (non-hydrogen) atoms. The molecule has 0 amide bonds. The molecule has 0 aliphatic carbocycles. The first-order chi connectivity index (χ1) is 9.38. The normalized spacial score (nSPS) is 11.9. The van der Waals surface area contributed by atoms with Crippen molar-refractivity contribution in [3.63, 3.8) is 0 Å². The van der Waals surface area contributed by atoms with E-state index < -0.39 is 0 Å². The number of benzene rings is 2. The van der Waals surface area contributed by atoms with E-state index in [2.05, 4.69) is 88.2 Å². The van der Waals surface area contributed by atoms with E-state index in [1.54, 1.807) is 0 Å². The molecule has 2 aromatic carbocycles. The van der Waals surface area contributed by atoms with Gasteiger partial charge in [-0.2, -0.15) is 0 Å². The predicted octanol–water partition coefficient (Wildman–Crippen LogP) is 4.92. The first kappa shape index (κ1) is 14.4. The van der Waals surface area contributed by atoms with Crippen LogP contribution in [-0.2, 0) is 10.8 Å². The lowest BCUT2D eigenvalue weighted by Crippen LogP contribution is -2.20. The minimum atomic E-state index is -0.213. The van der Waals surface area contributed by atoms with Crippen molar-refractivity contribution < 1.29 is 0 Å². The van der Waals surface area contributed by atoms with Crippen LogP contribution in [0, 0.1) is 12.3 Å². The Kier molecular flexibility index (Phi) is 3.73. The largest absolute Gasteiger partial charge is 0.119 e. The molecule has 0 saturated heterocycles. The molecule has 0 aliphatic rings. The van der Waals surface area contributed by atoms with Crippen molar-refractivity contribution in [2.24, 2.45) is 0 Å². The van der Waals surface area contributed by atoms with Gasteiger partial charge < -0.3 is 0 Å². The zero-order valence-electron chi connectivity index (χ0n) is 12.8. The second-order valence-corrected chi connectivity index (χ2v) is 6.34. The summed E-state index contributed by atoms with van der Waals surface area (Å²) in [6.45, 7) is 8.65. The fourth-order valence-corrected chi connectivity index (χ4v) is 2.41. The third-order valence-corrected chi connectivity index (χ3v) is 4.18. The van der Waals surface area contributed by atoms with Crippen molar-refractivity contribution in [3.05, 3.63) is 71.3 Å². The Balaban J connectivity index is 2.38. The molecule has 0 nitrogen and oxygen atoms in total. The van der Waals surface area contributed by atoms with Crippen LogP contribution in [0.15, 0.2) is 54.6 Å². The summed E-state index contributed by atoms with van der Waals surface area (Å²) in [7, 11) is 0. The average Bonchev–Trinajstić information content (AvgIpc) is 2.48. The minimum Gasteiger partial charge on any atom is -0.119 e. The molecule has 0 saturated carbocycles. The van der Waals surface area contributed by atoms with Crippen molar-refractivity contribution in [2.75, 3.05) is 0 Å². The van der Waals surface area contributed by atoms with Crippen LogP contribution in [0.2, 0.25) is 0 Å². The van der Waals surface area contributed by atoms with Gasteiger partial charge in [0.1, 0.15) is 0 Å². The molecule has 0 spiro atoms. The van der Waals surface area contributed by atoms with E-state index in [0.29, 0.717) is 0 Å². The fourth-order valence-electron chi connectivity index (χ4n) is 2.41. The molecule has 0 unspecified atom stereocenters. The molecule has 0 N–H and O–H groups in total. The quantitative estimate of drug-likeness (QED) is 0.688. The highest BCUT2D eigenvalue weighted by Crippen LogP contribution is 2.32. The average molecular weight is 262 g/mol. The van der Waals surface area contributed by atoms with E-state index >= 15 is 0 Å². The second kappa shape index (κ2) is 5.17. The van der Waals surface area contributed by atoms with E-state index in [1.807, 2.05) is 0 Å². The molecule has 0 fully saturated rings. The summed E-state index contributed by atoms with van der Waals surface area (Å²) in [6.07, 6.45) is 5.60.